The third-order valence-electron chi connectivity index (χ3n) is 2.65. The van der Waals surface area contributed by atoms with Gasteiger partial charge in [0.15, 0.2) is 5.13 Å². The third-order valence-corrected chi connectivity index (χ3v) is 3.64. The van der Waals surface area contributed by atoms with Gasteiger partial charge in [-0.05, 0) is 26.3 Å². The molecule has 0 spiro atoms. The molecular formula is C13H16N2S. The number of thiazole rings is 1. The van der Waals surface area contributed by atoms with E-state index in [1.54, 1.807) is 11.3 Å². The molecule has 0 aliphatic rings. The van der Waals surface area contributed by atoms with Crippen LogP contribution < -0.4 is 5.32 Å². The molecule has 0 aliphatic heterocycles. The Bertz CT molecular complexity index is 515. The molecule has 0 bridgehead atoms. The molecule has 1 heterocycles. The van der Waals surface area contributed by atoms with Gasteiger partial charge in [0, 0.05) is 17.5 Å². The zero-order valence-electron chi connectivity index (χ0n) is 10.1. The summed E-state index contributed by atoms with van der Waals surface area (Å²) >= 11 is 1.70. The van der Waals surface area contributed by atoms with Crippen molar-refractivity contribution in [3.63, 3.8) is 0 Å². The fraction of sp³-hybridized carbons (Fsp3) is 0.308. The highest BCUT2D eigenvalue weighted by Gasteiger charge is 2.10. The van der Waals surface area contributed by atoms with Crippen molar-refractivity contribution in [3.05, 3.63) is 34.2 Å². The van der Waals surface area contributed by atoms with E-state index in [2.05, 4.69) is 49.3 Å². The Morgan fingerprint density at radius 2 is 1.94 bits per heavy atom. The molecule has 0 amide bonds. The Morgan fingerprint density at radius 1 is 1.19 bits per heavy atom. The van der Waals surface area contributed by atoms with E-state index in [1.807, 2.05) is 7.05 Å². The zero-order valence-corrected chi connectivity index (χ0v) is 10.9. The van der Waals surface area contributed by atoms with Crippen LogP contribution in [0, 0.1) is 20.8 Å². The number of aromatic nitrogens is 1. The van der Waals surface area contributed by atoms with Crippen LogP contribution in [0.2, 0.25) is 0 Å². The Labute approximate surface area is 100 Å². The second-order valence-corrected chi connectivity index (χ2v) is 5.20. The maximum Gasteiger partial charge on any atom is 0.183 e. The number of rotatable bonds is 2. The minimum atomic E-state index is 0.979. The van der Waals surface area contributed by atoms with Crippen molar-refractivity contribution in [2.45, 2.75) is 20.8 Å². The van der Waals surface area contributed by atoms with Crippen LogP contribution in [0.25, 0.3) is 11.3 Å². The van der Waals surface area contributed by atoms with Gasteiger partial charge in [0.25, 0.3) is 0 Å². The Balaban J connectivity index is 2.53. The van der Waals surface area contributed by atoms with E-state index in [9.17, 15) is 0 Å². The van der Waals surface area contributed by atoms with Gasteiger partial charge in [0.1, 0.15) is 0 Å². The van der Waals surface area contributed by atoms with Gasteiger partial charge in [-0.15, -0.1) is 11.3 Å². The SMILES string of the molecule is CNc1nc(-c2ccc(C)cc2C)c(C)s1. The summed E-state index contributed by atoms with van der Waals surface area (Å²) < 4.78 is 0. The van der Waals surface area contributed by atoms with Crippen molar-refractivity contribution >= 4 is 16.5 Å². The first-order chi connectivity index (χ1) is 7.61. The summed E-state index contributed by atoms with van der Waals surface area (Å²) in [5, 5.41) is 4.08. The molecule has 1 aromatic heterocycles. The normalized spacial score (nSPS) is 10.5. The molecule has 1 N–H and O–H groups in total. The van der Waals surface area contributed by atoms with Gasteiger partial charge in [0.05, 0.1) is 5.69 Å². The number of nitrogens with zero attached hydrogens (tertiary/aromatic N) is 1. The first-order valence-corrected chi connectivity index (χ1v) is 6.16. The average molecular weight is 232 g/mol. The molecule has 0 fully saturated rings. The third kappa shape index (κ3) is 1.95. The lowest BCUT2D eigenvalue weighted by Crippen LogP contribution is -1.89. The molecule has 0 saturated heterocycles. The lowest BCUT2D eigenvalue weighted by Gasteiger charge is -2.04. The second-order valence-electron chi connectivity index (χ2n) is 3.99. The molecule has 0 radical (unpaired) electrons. The van der Waals surface area contributed by atoms with Crippen LogP contribution in [0.5, 0.6) is 0 Å². The van der Waals surface area contributed by atoms with Gasteiger partial charge in [0.2, 0.25) is 0 Å². The fourth-order valence-corrected chi connectivity index (χ4v) is 2.61. The maximum atomic E-state index is 4.60. The summed E-state index contributed by atoms with van der Waals surface area (Å²) in [4.78, 5) is 5.86. The van der Waals surface area contributed by atoms with Crippen LogP contribution >= 0.6 is 11.3 Å². The Morgan fingerprint density at radius 3 is 2.50 bits per heavy atom. The summed E-state index contributed by atoms with van der Waals surface area (Å²) in [6, 6.07) is 6.50. The van der Waals surface area contributed by atoms with Crippen molar-refractivity contribution in [2.75, 3.05) is 12.4 Å². The Kier molecular flexibility index (Phi) is 2.97. The number of aryl methyl sites for hydroxylation is 3. The summed E-state index contributed by atoms with van der Waals surface area (Å²) in [5.74, 6) is 0. The minimum absolute atomic E-state index is 0.979. The molecule has 1 aromatic carbocycles. The molecule has 84 valence electrons. The predicted molar refractivity (Wildman–Crippen MR) is 71.3 cm³/mol. The number of nitrogens with one attached hydrogen (secondary N) is 1. The first-order valence-electron chi connectivity index (χ1n) is 5.34. The highest BCUT2D eigenvalue weighted by Crippen LogP contribution is 2.32. The molecule has 3 heteroatoms. The molecule has 2 nitrogen and oxygen atoms in total. The lowest BCUT2D eigenvalue weighted by atomic mass is 10.0. The van der Waals surface area contributed by atoms with Crippen molar-refractivity contribution in [1.29, 1.82) is 0 Å². The van der Waals surface area contributed by atoms with Gasteiger partial charge in [-0.3, -0.25) is 0 Å². The van der Waals surface area contributed by atoms with Crippen molar-refractivity contribution in [2.24, 2.45) is 0 Å². The van der Waals surface area contributed by atoms with Crippen LogP contribution in [-0.4, -0.2) is 12.0 Å². The van der Waals surface area contributed by atoms with Gasteiger partial charge in [-0.25, -0.2) is 4.98 Å². The highest BCUT2D eigenvalue weighted by atomic mass is 32.1. The van der Waals surface area contributed by atoms with Gasteiger partial charge in [-0.2, -0.15) is 0 Å². The zero-order chi connectivity index (χ0) is 11.7. The highest BCUT2D eigenvalue weighted by molar-refractivity contribution is 7.15. The molecule has 0 aliphatic carbocycles. The van der Waals surface area contributed by atoms with Crippen molar-refractivity contribution < 1.29 is 0 Å². The van der Waals surface area contributed by atoms with Crippen molar-refractivity contribution in [3.8, 4) is 11.3 Å². The van der Waals surface area contributed by atoms with Crippen LogP contribution in [0.4, 0.5) is 5.13 Å². The van der Waals surface area contributed by atoms with E-state index in [-0.39, 0.29) is 0 Å². The topological polar surface area (TPSA) is 24.9 Å². The number of hydrogen-bond acceptors (Lipinski definition) is 3. The lowest BCUT2D eigenvalue weighted by molar-refractivity contribution is 1.31. The molecule has 16 heavy (non-hydrogen) atoms. The maximum absolute atomic E-state index is 4.60. The number of hydrogen-bond donors (Lipinski definition) is 1. The van der Waals surface area contributed by atoms with Gasteiger partial charge in [-0.1, -0.05) is 23.8 Å². The van der Waals surface area contributed by atoms with Crippen LogP contribution in [0.1, 0.15) is 16.0 Å². The van der Waals surface area contributed by atoms with Crippen LogP contribution in [0.15, 0.2) is 18.2 Å². The molecule has 0 unspecified atom stereocenters. The largest absolute Gasteiger partial charge is 0.365 e. The molecule has 0 atom stereocenters. The summed E-state index contributed by atoms with van der Waals surface area (Å²) in [6.45, 7) is 6.37. The number of anilines is 1. The summed E-state index contributed by atoms with van der Waals surface area (Å²) in [7, 11) is 1.91. The first kappa shape index (κ1) is 11.1. The summed E-state index contributed by atoms with van der Waals surface area (Å²) in [6.07, 6.45) is 0. The average Bonchev–Trinajstić information content (AvgIpc) is 2.60. The monoisotopic (exact) mass is 232 g/mol. The fourth-order valence-electron chi connectivity index (χ4n) is 1.83. The van der Waals surface area contributed by atoms with Gasteiger partial charge < -0.3 is 5.32 Å². The van der Waals surface area contributed by atoms with E-state index in [0.29, 0.717) is 0 Å². The summed E-state index contributed by atoms with van der Waals surface area (Å²) in [5.41, 5.74) is 4.92. The van der Waals surface area contributed by atoms with E-state index < -0.39 is 0 Å². The quantitative estimate of drug-likeness (QED) is 0.852. The molecule has 0 saturated carbocycles. The predicted octanol–water partition coefficient (Wildman–Crippen LogP) is 3.78. The van der Waals surface area contributed by atoms with E-state index in [1.165, 1.54) is 21.6 Å². The van der Waals surface area contributed by atoms with Crippen LogP contribution in [0.3, 0.4) is 0 Å². The minimum Gasteiger partial charge on any atom is -0.365 e. The number of benzene rings is 1. The Hall–Kier alpha value is -1.35. The van der Waals surface area contributed by atoms with Gasteiger partial charge >= 0.3 is 0 Å². The molecule has 2 rings (SSSR count). The smallest absolute Gasteiger partial charge is 0.183 e. The standard InChI is InChI=1S/C13H16N2S/c1-8-5-6-11(9(2)7-8)12-10(3)16-13(14-4)15-12/h5-7H,1-4H3,(H,14,15). The molecular weight excluding hydrogens is 216 g/mol. The van der Waals surface area contributed by atoms with Crippen molar-refractivity contribution in [1.82, 2.24) is 4.98 Å². The second kappa shape index (κ2) is 4.26. The van der Waals surface area contributed by atoms with E-state index in [0.717, 1.165) is 10.8 Å². The van der Waals surface area contributed by atoms with E-state index in [4.69, 9.17) is 0 Å². The van der Waals surface area contributed by atoms with E-state index >= 15 is 0 Å². The molecule has 2 aromatic rings. The van der Waals surface area contributed by atoms with Crippen LogP contribution in [-0.2, 0) is 0 Å².